The van der Waals surface area contributed by atoms with Gasteiger partial charge in [0.1, 0.15) is 0 Å². The first kappa shape index (κ1) is 14.5. The smallest absolute Gasteiger partial charge is 0.331 e. The summed E-state index contributed by atoms with van der Waals surface area (Å²) < 4.78 is 5.95. The van der Waals surface area contributed by atoms with Crippen molar-refractivity contribution in [2.45, 2.75) is 12.5 Å². The quantitative estimate of drug-likeness (QED) is 0.885. The molecular weight excluding hydrogens is 278 g/mol. The number of hydrogen-bond donors (Lipinski definition) is 2. The van der Waals surface area contributed by atoms with Crippen LogP contribution in [0.2, 0.25) is 0 Å². The minimum Gasteiger partial charge on any atom is -0.479 e. The lowest BCUT2D eigenvalue weighted by Crippen LogP contribution is -2.55. The molecule has 0 bridgehead atoms. The van der Waals surface area contributed by atoms with Gasteiger partial charge in [0.2, 0.25) is 0 Å². The van der Waals surface area contributed by atoms with E-state index >= 15 is 0 Å². The molecule has 0 saturated carbocycles. The summed E-state index contributed by atoms with van der Waals surface area (Å²) in [6, 6.07) is 7.20. The van der Waals surface area contributed by atoms with Crippen LogP contribution < -0.4 is 5.32 Å². The van der Waals surface area contributed by atoms with Gasteiger partial charge in [0, 0.05) is 17.4 Å². The summed E-state index contributed by atoms with van der Waals surface area (Å²) in [6.45, 7) is 1.31. The summed E-state index contributed by atoms with van der Waals surface area (Å²) in [5, 5.41) is 14.6. The van der Waals surface area contributed by atoms with Crippen LogP contribution in [0.3, 0.4) is 0 Å². The Morgan fingerprint density at radius 2 is 2.15 bits per heavy atom. The highest BCUT2D eigenvalue weighted by Gasteiger charge is 2.35. The Morgan fingerprint density at radius 1 is 1.40 bits per heavy atom. The molecule has 1 aromatic heterocycles. The molecule has 2 N–H and O–H groups in total. The summed E-state index contributed by atoms with van der Waals surface area (Å²) in [4.78, 5) is 23.4. The van der Waals surface area contributed by atoms with Gasteiger partial charge in [-0.2, -0.15) is 0 Å². The van der Waals surface area contributed by atoms with Crippen molar-refractivity contribution in [3.8, 4) is 0 Å². The molecule has 1 aromatic carbocycles. The fourth-order valence-corrected chi connectivity index (χ4v) is 2.64. The number of fused-ring (bicyclic) bond motifs is 1. The fraction of sp³-hybridized carbons (Fsp3) is 0.286. The SMILES string of the molecule is COCC(C)(NC(=O)c1ccc2sccc2c1)C(=O)O. The Balaban J connectivity index is 2.23. The average Bonchev–Trinajstić information content (AvgIpc) is 2.85. The van der Waals surface area contributed by atoms with Gasteiger partial charge in [-0.3, -0.25) is 4.79 Å². The maximum absolute atomic E-state index is 12.2. The number of ether oxygens (including phenoxy) is 1. The summed E-state index contributed by atoms with van der Waals surface area (Å²) in [6.07, 6.45) is 0. The summed E-state index contributed by atoms with van der Waals surface area (Å²) in [5.41, 5.74) is -1.02. The predicted octanol–water partition coefficient (Wildman–Crippen LogP) is 2.12. The summed E-state index contributed by atoms with van der Waals surface area (Å²) in [7, 11) is 1.39. The largest absolute Gasteiger partial charge is 0.479 e. The third kappa shape index (κ3) is 2.81. The van der Waals surface area contributed by atoms with Gasteiger partial charge in [-0.25, -0.2) is 4.79 Å². The molecular formula is C14H15NO4S. The molecule has 5 nitrogen and oxygen atoms in total. The second kappa shape index (κ2) is 5.60. The summed E-state index contributed by atoms with van der Waals surface area (Å²) in [5.74, 6) is -1.57. The molecule has 106 valence electrons. The maximum atomic E-state index is 12.2. The molecule has 0 fully saturated rings. The van der Waals surface area contributed by atoms with Crippen LogP contribution in [-0.4, -0.2) is 36.2 Å². The monoisotopic (exact) mass is 293 g/mol. The highest BCUT2D eigenvalue weighted by atomic mass is 32.1. The maximum Gasteiger partial charge on any atom is 0.331 e. The number of carbonyl (C=O) groups excluding carboxylic acids is 1. The van der Waals surface area contributed by atoms with Gasteiger partial charge >= 0.3 is 5.97 Å². The summed E-state index contributed by atoms with van der Waals surface area (Å²) >= 11 is 1.59. The van der Waals surface area contributed by atoms with Crippen LogP contribution in [0.1, 0.15) is 17.3 Å². The van der Waals surface area contributed by atoms with Crippen LogP contribution in [0.15, 0.2) is 29.6 Å². The molecule has 6 heteroatoms. The van der Waals surface area contributed by atoms with Gasteiger partial charge in [-0.1, -0.05) is 0 Å². The van der Waals surface area contributed by atoms with Crippen molar-refractivity contribution in [3.05, 3.63) is 35.2 Å². The lowest BCUT2D eigenvalue weighted by atomic mass is 10.0. The van der Waals surface area contributed by atoms with Gasteiger partial charge in [-0.05, 0) is 42.0 Å². The zero-order valence-corrected chi connectivity index (χ0v) is 12.0. The Labute approximate surface area is 120 Å². The molecule has 0 saturated heterocycles. The topological polar surface area (TPSA) is 75.6 Å². The average molecular weight is 293 g/mol. The van der Waals surface area contributed by atoms with Crippen LogP contribution in [-0.2, 0) is 9.53 Å². The molecule has 0 aliphatic carbocycles. The van der Waals surface area contributed by atoms with Crippen molar-refractivity contribution < 1.29 is 19.4 Å². The fourth-order valence-electron chi connectivity index (χ4n) is 1.87. The minimum atomic E-state index is -1.45. The van der Waals surface area contributed by atoms with Crippen molar-refractivity contribution in [3.63, 3.8) is 0 Å². The predicted molar refractivity (Wildman–Crippen MR) is 77.2 cm³/mol. The van der Waals surface area contributed by atoms with E-state index in [2.05, 4.69) is 5.32 Å². The number of aliphatic carboxylic acids is 1. The first-order chi connectivity index (χ1) is 9.46. The minimum absolute atomic E-state index is 0.102. The number of amides is 1. The van der Waals surface area contributed by atoms with Crippen LogP contribution in [0, 0.1) is 0 Å². The van der Waals surface area contributed by atoms with E-state index in [4.69, 9.17) is 4.74 Å². The second-order valence-corrected chi connectivity index (χ2v) is 5.65. The molecule has 0 aliphatic heterocycles. The van der Waals surface area contributed by atoms with E-state index in [0.29, 0.717) is 5.56 Å². The first-order valence-electron chi connectivity index (χ1n) is 5.98. The van der Waals surface area contributed by atoms with E-state index in [0.717, 1.165) is 10.1 Å². The highest BCUT2D eigenvalue weighted by molar-refractivity contribution is 7.17. The number of methoxy groups -OCH3 is 1. The molecule has 1 unspecified atom stereocenters. The Bertz CT molecular complexity index is 651. The standard InChI is InChI=1S/C14H15NO4S/c1-14(8-19-2,13(17)18)15-12(16)10-3-4-11-9(7-10)5-6-20-11/h3-7H,8H2,1-2H3,(H,15,16)(H,17,18). The first-order valence-corrected chi connectivity index (χ1v) is 6.86. The van der Waals surface area contributed by atoms with Gasteiger partial charge in [-0.15, -0.1) is 11.3 Å². The number of nitrogens with one attached hydrogen (secondary N) is 1. The second-order valence-electron chi connectivity index (χ2n) is 4.70. The van der Waals surface area contributed by atoms with Crippen molar-refractivity contribution in [2.24, 2.45) is 0 Å². The van der Waals surface area contributed by atoms with Crippen LogP contribution >= 0.6 is 11.3 Å². The normalized spacial score (nSPS) is 13.9. The van der Waals surface area contributed by atoms with Gasteiger partial charge < -0.3 is 15.2 Å². The number of carboxylic acids is 1. The van der Waals surface area contributed by atoms with E-state index < -0.39 is 17.4 Å². The highest BCUT2D eigenvalue weighted by Crippen LogP contribution is 2.22. The Hall–Kier alpha value is -1.92. The zero-order valence-electron chi connectivity index (χ0n) is 11.2. The molecule has 0 aliphatic rings. The van der Waals surface area contributed by atoms with Crippen molar-refractivity contribution >= 4 is 33.3 Å². The van der Waals surface area contributed by atoms with Gasteiger partial charge in [0.05, 0.1) is 6.61 Å². The number of carboxylic acid groups (broad SMARTS) is 1. The number of thiophene rings is 1. The Morgan fingerprint density at radius 3 is 2.80 bits per heavy atom. The van der Waals surface area contributed by atoms with E-state index in [-0.39, 0.29) is 6.61 Å². The van der Waals surface area contributed by atoms with E-state index in [1.807, 2.05) is 17.5 Å². The Kier molecular flexibility index (Phi) is 4.06. The zero-order chi connectivity index (χ0) is 14.8. The molecule has 1 amide bonds. The lowest BCUT2D eigenvalue weighted by Gasteiger charge is -2.25. The number of hydrogen-bond acceptors (Lipinski definition) is 4. The third-order valence-corrected chi connectivity index (χ3v) is 3.91. The molecule has 2 aromatic rings. The van der Waals surface area contributed by atoms with Crippen LogP contribution in [0.25, 0.3) is 10.1 Å². The molecule has 0 spiro atoms. The van der Waals surface area contributed by atoms with Crippen molar-refractivity contribution in [1.29, 1.82) is 0 Å². The molecule has 20 heavy (non-hydrogen) atoms. The van der Waals surface area contributed by atoms with Crippen molar-refractivity contribution in [2.75, 3.05) is 13.7 Å². The molecule has 1 atom stereocenters. The van der Waals surface area contributed by atoms with Crippen LogP contribution in [0.4, 0.5) is 0 Å². The van der Waals surface area contributed by atoms with Gasteiger partial charge in [0.25, 0.3) is 5.91 Å². The van der Waals surface area contributed by atoms with Crippen molar-refractivity contribution in [1.82, 2.24) is 5.32 Å². The van der Waals surface area contributed by atoms with E-state index in [1.54, 1.807) is 23.5 Å². The number of benzene rings is 1. The molecule has 1 heterocycles. The van der Waals surface area contributed by atoms with Gasteiger partial charge in [0.15, 0.2) is 5.54 Å². The molecule has 0 radical (unpaired) electrons. The number of rotatable bonds is 5. The molecule has 2 rings (SSSR count). The van der Waals surface area contributed by atoms with Crippen LogP contribution in [0.5, 0.6) is 0 Å². The third-order valence-electron chi connectivity index (χ3n) is 3.01. The number of carbonyl (C=O) groups is 2. The lowest BCUT2D eigenvalue weighted by molar-refractivity contribution is -0.145. The van der Waals surface area contributed by atoms with E-state index in [9.17, 15) is 14.7 Å². The van der Waals surface area contributed by atoms with E-state index in [1.165, 1.54) is 14.0 Å².